The molecule has 0 bridgehead atoms. The number of carbonyl (C=O) groups is 1. The summed E-state index contributed by atoms with van der Waals surface area (Å²) in [5.41, 5.74) is 1.54. The third-order valence-corrected chi connectivity index (χ3v) is 5.01. The Balaban J connectivity index is 2.00. The van der Waals surface area contributed by atoms with Crippen molar-refractivity contribution in [1.82, 2.24) is 4.72 Å². The Kier molecular flexibility index (Phi) is 6.76. The van der Waals surface area contributed by atoms with Crippen molar-refractivity contribution >= 4 is 21.6 Å². The number of para-hydroxylation sites is 2. The molecule has 2 aromatic carbocycles. The molecule has 0 aliphatic carbocycles. The molecule has 140 valence electrons. The van der Waals surface area contributed by atoms with Gasteiger partial charge in [-0.05, 0) is 50.1 Å². The number of benzene rings is 2. The molecule has 2 rings (SSSR count). The maximum Gasteiger partial charge on any atom is 0.241 e. The van der Waals surface area contributed by atoms with Crippen molar-refractivity contribution in [3.05, 3.63) is 54.1 Å². The highest BCUT2D eigenvalue weighted by molar-refractivity contribution is 7.89. The van der Waals surface area contributed by atoms with Crippen LogP contribution in [0.4, 0.5) is 5.69 Å². The number of hydrogen-bond donors (Lipinski definition) is 2. The monoisotopic (exact) mass is 376 g/mol. The summed E-state index contributed by atoms with van der Waals surface area (Å²) < 4.78 is 32.5. The first kappa shape index (κ1) is 19.9. The fraction of sp³-hybridized carbons (Fsp3) is 0.316. The van der Waals surface area contributed by atoms with Gasteiger partial charge in [0.15, 0.2) is 0 Å². The van der Waals surface area contributed by atoms with Gasteiger partial charge in [-0.1, -0.05) is 31.2 Å². The SMILES string of the molecule is CCc1ccc(S(=O)(=O)NCC(=O)Nc2ccccc2OC(C)C)cc1. The molecule has 2 aromatic rings. The van der Waals surface area contributed by atoms with E-state index in [2.05, 4.69) is 10.0 Å². The quantitative estimate of drug-likeness (QED) is 0.742. The second-order valence-electron chi connectivity index (χ2n) is 6.03. The first-order chi connectivity index (χ1) is 12.3. The van der Waals surface area contributed by atoms with E-state index in [1.807, 2.05) is 20.8 Å². The zero-order chi connectivity index (χ0) is 19.2. The number of carbonyl (C=O) groups excluding carboxylic acids is 1. The van der Waals surface area contributed by atoms with Crippen molar-refractivity contribution in [1.29, 1.82) is 0 Å². The van der Waals surface area contributed by atoms with Crippen molar-refractivity contribution in [3.8, 4) is 5.75 Å². The second-order valence-corrected chi connectivity index (χ2v) is 7.80. The molecule has 0 saturated carbocycles. The molecule has 1 amide bonds. The maximum atomic E-state index is 12.3. The maximum absolute atomic E-state index is 12.3. The summed E-state index contributed by atoms with van der Waals surface area (Å²) in [6.07, 6.45) is 0.784. The van der Waals surface area contributed by atoms with E-state index >= 15 is 0 Å². The summed E-state index contributed by atoms with van der Waals surface area (Å²) >= 11 is 0. The smallest absolute Gasteiger partial charge is 0.241 e. The lowest BCUT2D eigenvalue weighted by Crippen LogP contribution is -2.33. The van der Waals surface area contributed by atoms with Crippen molar-refractivity contribution in [2.75, 3.05) is 11.9 Å². The molecule has 26 heavy (non-hydrogen) atoms. The van der Waals surface area contributed by atoms with Crippen molar-refractivity contribution in [2.45, 2.75) is 38.2 Å². The lowest BCUT2D eigenvalue weighted by Gasteiger charge is -2.15. The Bertz CT molecular complexity index is 846. The molecule has 0 fully saturated rings. The number of rotatable bonds is 8. The first-order valence-corrected chi connectivity index (χ1v) is 9.94. The molecular weight excluding hydrogens is 352 g/mol. The Morgan fingerprint density at radius 2 is 1.73 bits per heavy atom. The number of aryl methyl sites for hydroxylation is 1. The van der Waals surface area contributed by atoms with Crippen LogP contribution in [0.5, 0.6) is 5.75 Å². The summed E-state index contributed by atoms with van der Waals surface area (Å²) in [4.78, 5) is 12.3. The van der Waals surface area contributed by atoms with E-state index in [4.69, 9.17) is 4.74 Å². The Morgan fingerprint density at radius 3 is 2.35 bits per heavy atom. The van der Waals surface area contributed by atoms with Crippen LogP contribution in [-0.2, 0) is 21.2 Å². The van der Waals surface area contributed by atoms with Crippen LogP contribution in [-0.4, -0.2) is 27.0 Å². The molecule has 0 atom stereocenters. The predicted octanol–water partition coefficient (Wildman–Crippen LogP) is 2.95. The number of hydrogen-bond acceptors (Lipinski definition) is 4. The molecule has 2 N–H and O–H groups in total. The highest BCUT2D eigenvalue weighted by atomic mass is 32.2. The highest BCUT2D eigenvalue weighted by Crippen LogP contribution is 2.24. The minimum atomic E-state index is -3.74. The van der Waals surface area contributed by atoms with Crippen molar-refractivity contribution in [2.24, 2.45) is 0 Å². The summed E-state index contributed by atoms with van der Waals surface area (Å²) in [6, 6.07) is 13.6. The molecular formula is C19H24N2O4S. The molecule has 0 aliphatic heterocycles. The van der Waals surface area contributed by atoms with E-state index in [1.165, 1.54) is 12.1 Å². The van der Waals surface area contributed by atoms with Crippen molar-refractivity contribution in [3.63, 3.8) is 0 Å². The lowest BCUT2D eigenvalue weighted by molar-refractivity contribution is -0.115. The van der Waals surface area contributed by atoms with Gasteiger partial charge >= 0.3 is 0 Å². The van der Waals surface area contributed by atoms with Crippen LogP contribution in [0, 0.1) is 0 Å². The lowest BCUT2D eigenvalue weighted by atomic mass is 10.2. The second kappa shape index (κ2) is 8.82. The molecule has 0 unspecified atom stereocenters. The average Bonchev–Trinajstić information content (AvgIpc) is 2.61. The zero-order valence-electron chi connectivity index (χ0n) is 15.2. The molecule has 0 heterocycles. The Labute approximate surface area is 154 Å². The van der Waals surface area contributed by atoms with Crippen LogP contribution in [0.1, 0.15) is 26.3 Å². The van der Waals surface area contributed by atoms with Gasteiger partial charge in [-0.15, -0.1) is 0 Å². The molecule has 0 saturated heterocycles. The minimum Gasteiger partial charge on any atom is -0.489 e. The number of sulfonamides is 1. The summed E-state index contributed by atoms with van der Waals surface area (Å²) in [6.45, 7) is 5.40. The topological polar surface area (TPSA) is 84.5 Å². The van der Waals surface area contributed by atoms with Gasteiger partial charge in [0.05, 0.1) is 23.2 Å². The Morgan fingerprint density at radius 1 is 1.08 bits per heavy atom. The van der Waals surface area contributed by atoms with Gasteiger partial charge < -0.3 is 10.1 Å². The van der Waals surface area contributed by atoms with Gasteiger partial charge in [0.2, 0.25) is 15.9 Å². The standard InChI is InChI=1S/C19H24N2O4S/c1-4-15-9-11-16(12-10-15)26(23,24)20-13-19(22)21-17-7-5-6-8-18(17)25-14(2)3/h5-12,14,20H,4,13H2,1-3H3,(H,21,22). The van der Waals surface area contributed by atoms with E-state index in [9.17, 15) is 13.2 Å². The number of ether oxygens (including phenoxy) is 1. The normalized spacial score (nSPS) is 11.4. The van der Waals surface area contributed by atoms with E-state index in [0.29, 0.717) is 11.4 Å². The molecule has 6 nitrogen and oxygen atoms in total. The minimum absolute atomic E-state index is 0.0438. The van der Waals surface area contributed by atoms with Gasteiger partial charge in [0, 0.05) is 0 Å². The third kappa shape index (κ3) is 5.57. The summed E-state index contributed by atoms with van der Waals surface area (Å²) in [5.74, 6) is 0.0624. The van der Waals surface area contributed by atoms with Gasteiger partial charge in [-0.3, -0.25) is 4.79 Å². The van der Waals surface area contributed by atoms with Crippen LogP contribution < -0.4 is 14.8 Å². The fourth-order valence-corrected chi connectivity index (χ4v) is 3.25. The van der Waals surface area contributed by atoms with E-state index < -0.39 is 15.9 Å². The van der Waals surface area contributed by atoms with Gasteiger partial charge in [0.1, 0.15) is 5.75 Å². The molecule has 7 heteroatoms. The molecule has 0 spiro atoms. The average molecular weight is 376 g/mol. The van der Waals surface area contributed by atoms with Crippen LogP contribution in [0.25, 0.3) is 0 Å². The van der Waals surface area contributed by atoms with E-state index in [1.54, 1.807) is 36.4 Å². The zero-order valence-corrected chi connectivity index (χ0v) is 16.0. The molecule has 0 radical (unpaired) electrons. The van der Waals surface area contributed by atoms with Crippen molar-refractivity contribution < 1.29 is 17.9 Å². The Hall–Kier alpha value is -2.38. The summed E-state index contributed by atoms with van der Waals surface area (Å²) in [5, 5.41) is 2.67. The number of nitrogens with one attached hydrogen (secondary N) is 2. The van der Waals surface area contributed by atoms with Crippen LogP contribution in [0.3, 0.4) is 0 Å². The van der Waals surface area contributed by atoms with Crippen LogP contribution in [0.15, 0.2) is 53.4 Å². The summed E-state index contributed by atoms with van der Waals surface area (Å²) in [7, 11) is -3.74. The highest BCUT2D eigenvalue weighted by Gasteiger charge is 2.16. The van der Waals surface area contributed by atoms with Gasteiger partial charge in [-0.25, -0.2) is 13.1 Å². The fourth-order valence-electron chi connectivity index (χ4n) is 2.27. The van der Waals surface area contributed by atoms with Crippen LogP contribution in [0.2, 0.25) is 0 Å². The van der Waals surface area contributed by atoms with E-state index in [-0.39, 0.29) is 17.5 Å². The number of amides is 1. The molecule has 0 aliphatic rings. The largest absolute Gasteiger partial charge is 0.489 e. The van der Waals surface area contributed by atoms with Gasteiger partial charge in [-0.2, -0.15) is 0 Å². The van der Waals surface area contributed by atoms with E-state index in [0.717, 1.165) is 12.0 Å². The third-order valence-electron chi connectivity index (χ3n) is 3.59. The predicted molar refractivity (Wildman–Crippen MR) is 102 cm³/mol. The van der Waals surface area contributed by atoms with Crippen LogP contribution >= 0.6 is 0 Å². The first-order valence-electron chi connectivity index (χ1n) is 8.46. The molecule has 0 aromatic heterocycles. The number of anilines is 1. The van der Waals surface area contributed by atoms with Gasteiger partial charge in [0.25, 0.3) is 0 Å².